The molecule has 0 saturated carbocycles. The second kappa shape index (κ2) is 3.72. The van der Waals surface area contributed by atoms with Gasteiger partial charge in [0.25, 0.3) is 0 Å². The van der Waals surface area contributed by atoms with E-state index in [2.05, 4.69) is 52.5 Å². The number of nitrogens with zero attached hydrogens (tertiary/aromatic N) is 1. The van der Waals surface area contributed by atoms with Crippen molar-refractivity contribution in [1.29, 1.82) is 0 Å². The first kappa shape index (κ1) is 10.4. The van der Waals surface area contributed by atoms with Crippen molar-refractivity contribution < 1.29 is 0 Å². The van der Waals surface area contributed by atoms with Gasteiger partial charge in [-0.3, -0.25) is 0 Å². The van der Waals surface area contributed by atoms with Gasteiger partial charge in [0.2, 0.25) is 0 Å². The van der Waals surface area contributed by atoms with E-state index < -0.39 is 0 Å². The van der Waals surface area contributed by atoms with E-state index in [0.29, 0.717) is 5.41 Å². The van der Waals surface area contributed by atoms with E-state index in [0.717, 1.165) is 13.1 Å². The summed E-state index contributed by atoms with van der Waals surface area (Å²) in [7, 11) is 0. The van der Waals surface area contributed by atoms with E-state index in [1.54, 1.807) is 0 Å². The first-order valence-corrected chi connectivity index (χ1v) is 6.86. The predicted octanol–water partition coefficient (Wildman–Crippen LogP) is 2.65. The van der Waals surface area contributed by atoms with Crippen molar-refractivity contribution in [2.75, 3.05) is 13.1 Å². The molecule has 0 unspecified atom stereocenters. The molecule has 3 heterocycles. The molecular weight excluding hydrogens is 220 g/mol. The number of para-hydroxylation sites is 1. The van der Waals surface area contributed by atoms with Crippen LogP contribution < -0.4 is 5.32 Å². The van der Waals surface area contributed by atoms with E-state index in [1.807, 2.05) is 0 Å². The summed E-state index contributed by atoms with van der Waals surface area (Å²) < 4.78 is 2.41. The van der Waals surface area contributed by atoms with Gasteiger partial charge in [0.1, 0.15) is 0 Å². The highest BCUT2D eigenvalue weighted by Gasteiger charge is 2.39. The fourth-order valence-electron chi connectivity index (χ4n) is 3.71. The quantitative estimate of drug-likeness (QED) is 0.746. The number of aromatic nitrogens is 1. The van der Waals surface area contributed by atoms with Crippen LogP contribution in [0.2, 0.25) is 0 Å². The smallest absolute Gasteiger partial charge is 0.0484 e. The van der Waals surface area contributed by atoms with Gasteiger partial charge < -0.3 is 9.88 Å². The molecule has 18 heavy (non-hydrogen) atoms. The van der Waals surface area contributed by atoms with E-state index in [-0.39, 0.29) is 0 Å². The van der Waals surface area contributed by atoms with Gasteiger partial charge in [-0.2, -0.15) is 0 Å². The van der Waals surface area contributed by atoms with Crippen molar-refractivity contribution in [3.8, 4) is 5.69 Å². The van der Waals surface area contributed by atoms with Crippen molar-refractivity contribution in [2.45, 2.75) is 24.7 Å². The van der Waals surface area contributed by atoms with E-state index in [4.69, 9.17) is 0 Å². The van der Waals surface area contributed by atoms with E-state index in [1.165, 1.54) is 36.2 Å². The lowest BCUT2D eigenvalue weighted by atomic mass is 9.70. The second-order valence-electron chi connectivity index (χ2n) is 5.60. The molecule has 1 aromatic carbocycles. The highest BCUT2D eigenvalue weighted by molar-refractivity contribution is 5.49. The van der Waals surface area contributed by atoms with Crippen LogP contribution >= 0.6 is 0 Å². The molecule has 0 bridgehead atoms. The van der Waals surface area contributed by atoms with Crippen LogP contribution in [0.4, 0.5) is 0 Å². The lowest BCUT2D eigenvalue weighted by molar-refractivity contribution is 0.287. The Morgan fingerprint density at radius 1 is 1.00 bits per heavy atom. The van der Waals surface area contributed by atoms with Crippen LogP contribution in [-0.2, 0) is 11.8 Å². The molecule has 2 aliphatic rings. The highest BCUT2D eigenvalue weighted by Crippen LogP contribution is 2.42. The Kier molecular flexibility index (Phi) is 2.15. The standard InChI is InChI=1S/C16H18N2/c1-2-5-14-13(4-1)12-16(7-9-17-10-8-16)15-6-3-11-18(14)15/h1-6,11,17H,7-10,12H2. The summed E-state index contributed by atoms with van der Waals surface area (Å²) in [6, 6.07) is 13.4. The van der Waals surface area contributed by atoms with Crippen LogP contribution in [0.3, 0.4) is 0 Å². The lowest BCUT2D eigenvalue weighted by Gasteiger charge is -2.42. The number of piperidine rings is 1. The minimum Gasteiger partial charge on any atom is -0.320 e. The Balaban J connectivity index is 1.92. The molecule has 0 atom stereocenters. The molecule has 1 aromatic heterocycles. The van der Waals surface area contributed by atoms with Gasteiger partial charge >= 0.3 is 0 Å². The minimum absolute atomic E-state index is 0.364. The SMILES string of the molecule is c1ccc2c(c1)CC1(CCNCC1)c1cccn1-2. The third-order valence-corrected chi connectivity index (χ3v) is 4.63. The van der Waals surface area contributed by atoms with Gasteiger partial charge in [-0.05, 0) is 56.1 Å². The number of hydrogen-bond acceptors (Lipinski definition) is 1. The van der Waals surface area contributed by atoms with Crippen LogP contribution in [0.25, 0.3) is 5.69 Å². The van der Waals surface area contributed by atoms with E-state index in [9.17, 15) is 0 Å². The number of rotatable bonds is 0. The molecule has 1 fully saturated rings. The summed E-state index contributed by atoms with van der Waals surface area (Å²) in [5.41, 5.74) is 4.76. The molecule has 4 rings (SSSR count). The third-order valence-electron chi connectivity index (χ3n) is 4.63. The van der Waals surface area contributed by atoms with Crippen molar-refractivity contribution in [3.63, 3.8) is 0 Å². The molecule has 1 N–H and O–H groups in total. The highest BCUT2D eigenvalue weighted by atomic mass is 15.0. The fraction of sp³-hybridized carbons (Fsp3) is 0.375. The Labute approximate surface area is 108 Å². The average Bonchev–Trinajstić information content (AvgIpc) is 2.90. The number of nitrogens with one attached hydrogen (secondary N) is 1. The maximum atomic E-state index is 3.49. The molecule has 0 amide bonds. The van der Waals surface area contributed by atoms with Gasteiger partial charge in [-0.25, -0.2) is 0 Å². The molecule has 2 aromatic rings. The maximum absolute atomic E-state index is 3.49. The monoisotopic (exact) mass is 238 g/mol. The van der Waals surface area contributed by atoms with Gasteiger partial charge in [0, 0.05) is 23.0 Å². The van der Waals surface area contributed by atoms with Crippen LogP contribution in [0.1, 0.15) is 24.1 Å². The third kappa shape index (κ3) is 1.33. The van der Waals surface area contributed by atoms with Crippen molar-refractivity contribution in [2.24, 2.45) is 0 Å². The van der Waals surface area contributed by atoms with Gasteiger partial charge in [0.15, 0.2) is 0 Å². The summed E-state index contributed by atoms with van der Waals surface area (Å²) in [5, 5.41) is 3.49. The number of fused-ring (bicyclic) bond motifs is 4. The Morgan fingerprint density at radius 2 is 1.83 bits per heavy atom. The topological polar surface area (TPSA) is 17.0 Å². The first-order valence-electron chi connectivity index (χ1n) is 6.86. The average molecular weight is 238 g/mol. The molecule has 2 nitrogen and oxygen atoms in total. The molecule has 2 aliphatic heterocycles. The molecule has 2 heteroatoms. The summed E-state index contributed by atoms with van der Waals surface area (Å²) in [6.07, 6.45) is 5.93. The van der Waals surface area contributed by atoms with Gasteiger partial charge in [0.05, 0.1) is 0 Å². The molecule has 0 aliphatic carbocycles. The Hall–Kier alpha value is -1.54. The fourth-order valence-corrected chi connectivity index (χ4v) is 3.71. The summed E-state index contributed by atoms with van der Waals surface area (Å²) in [4.78, 5) is 0. The maximum Gasteiger partial charge on any atom is 0.0484 e. The molecule has 1 saturated heterocycles. The zero-order valence-corrected chi connectivity index (χ0v) is 10.5. The van der Waals surface area contributed by atoms with Crippen LogP contribution in [0.5, 0.6) is 0 Å². The molecule has 0 radical (unpaired) electrons. The second-order valence-corrected chi connectivity index (χ2v) is 5.60. The Morgan fingerprint density at radius 3 is 2.72 bits per heavy atom. The Bertz CT molecular complexity index is 576. The lowest BCUT2D eigenvalue weighted by Crippen LogP contribution is -2.44. The van der Waals surface area contributed by atoms with Gasteiger partial charge in [-0.15, -0.1) is 0 Å². The predicted molar refractivity (Wildman–Crippen MR) is 73.3 cm³/mol. The normalized spacial score (nSPS) is 20.4. The van der Waals surface area contributed by atoms with Crippen LogP contribution in [-0.4, -0.2) is 17.7 Å². The zero-order valence-electron chi connectivity index (χ0n) is 10.5. The molecule has 92 valence electrons. The summed E-state index contributed by atoms with van der Waals surface area (Å²) in [5.74, 6) is 0. The summed E-state index contributed by atoms with van der Waals surface area (Å²) in [6.45, 7) is 2.29. The van der Waals surface area contributed by atoms with Crippen molar-refractivity contribution in [1.82, 2.24) is 9.88 Å². The molecular formula is C16H18N2. The van der Waals surface area contributed by atoms with Gasteiger partial charge in [-0.1, -0.05) is 18.2 Å². The largest absolute Gasteiger partial charge is 0.320 e. The summed E-state index contributed by atoms with van der Waals surface area (Å²) >= 11 is 0. The van der Waals surface area contributed by atoms with Crippen LogP contribution in [0, 0.1) is 0 Å². The number of benzene rings is 1. The number of hydrogen-bond donors (Lipinski definition) is 1. The molecule has 1 spiro atoms. The van der Waals surface area contributed by atoms with E-state index >= 15 is 0 Å². The first-order chi connectivity index (χ1) is 8.89. The van der Waals surface area contributed by atoms with Crippen LogP contribution in [0.15, 0.2) is 42.6 Å². The van der Waals surface area contributed by atoms with Crippen molar-refractivity contribution >= 4 is 0 Å². The van der Waals surface area contributed by atoms with Crippen molar-refractivity contribution in [3.05, 3.63) is 53.9 Å². The minimum atomic E-state index is 0.364. The zero-order chi connectivity index (χ0) is 12.0.